The van der Waals surface area contributed by atoms with Crippen molar-refractivity contribution >= 4 is 7.92 Å². The minimum Gasteiger partial charge on any atom is -0.110 e. The van der Waals surface area contributed by atoms with Crippen LogP contribution >= 0.6 is 7.92 Å². The Morgan fingerprint density at radius 2 is 0.395 bits per heavy atom. The molecule has 0 aromatic rings. The lowest BCUT2D eigenvalue weighted by Gasteiger charge is -2.12. The Bertz CT molecular complexity index is 356. The molecule has 38 heavy (non-hydrogen) atoms. The van der Waals surface area contributed by atoms with Gasteiger partial charge in [0.2, 0.25) is 0 Å². The van der Waals surface area contributed by atoms with E-state index in [0.717, 1.165) is 0 Å². The molecule has 0 fully saturated rings. The van der Waals surface area contributed by atoms with Gasteiger partial charge in [0, 0.05) is 0 Å². The van der Waals surface area contributed by atoms with Gasteiger partial charge in [0.05, 0.1) is 0 Å². The van der Waals surface area contributed by atoms with Crippen LogP contribution in [0.4, 0.5) is 0 Å². The first-order valence-corrected chi connectivity index (χ1v) is 20.7. The minimum atomic E-state index is 0.334. The van der Waals surface area contributed by atoms with Crippen molar-refractivity contribution in [3.8, 4) is 0 Å². The topological polar surface area (TPSA) is 0 Å². The standard InChI is InChI=1S/C37H77P/c1-4-6-8-10-12-14-16-18-20-22-24-26-28-30-32-34-36-38(3)37-35-33-31-29-27-25-23-21-19-17-15-13-11-9-7-5-2/h4-37H2,1-3H3. The van der Waals surface area contributed by atoms with E-state index in [1.165, 1.54) is 205 Å². The largest absolute Gasteiger partial charge is 0.110 e. The smallest absolute Gasteiger partial charge is 0.0328 e. The molecule has 0 unspecified atom stereocenters. The van der Waals surface area contributed by atoms with Gasteiger partial charge in [0.1, 0.15) is 0 Å². The summed E-state index contributed by atoms with van der Waals surface area (Å²) in [4.78, 5) is 0. The SMILES string of the molecule is CCCCCCCCCCCCCCCCCCP(C)CCCCCCCCCCCCCCCCCC. The Labute approximate surface area is 245 Å². The summed E-state index contributed by atoms with van der Waals surface area (Å²) in [7, 11) is 0.334. The molecule has 230 valence electrons. The van der Waals surface area contributed by atoms with Crippen LogP contribution in [0.5, 0.6) is 0 Å². The average Bonchev–Trinajstić information content (AvgIpc) is 2.92. The van der Waals surface area contributed by atoms with Crippen molar-refractivity contribution in [3.05, 3.63) is 0 Å². The van der Waals surface area contributed by atoms with E-state index in [1.54, 1.807) is 12.3 Å². The van der Waals surface area contributed by atoms with Gasteiger partial charge in [-0.2, -0.15) is 0 Å². The third-order valence-electron chi connectivity index (χ3n) is 8.79. The van der Waals surface area contributed by atoms with Crippen LogP contribution < -0.4 is 0 Å². The average molecular weight is 553 g/mol. The molecular formula is C37H77P. The second-order valence-corrected chi connectivity index (χ2v) is 15.5. The van der Waals surface area contributed by atoms with E-state index < -0.39 is 0 Å². The molecule has 0 atom stereocenters. The maximum absolute atomic E-state index is 2.58. The number of hydrogen-bond donors (Lipinski definition) is 0. The molecule has 0 amide bonds. The Morgan fingerprint density at radius 1 is 0.237 bits per heavy atom. The summed E-state index contributed by atoms with van der Waals surface area (Å²) >= 11 is 0. The monoisotopic (exact) mass is 553 g/mol. The van der Waals surface area contributed by atoms with Crippen LogP contribution in [0.1, 0.15) is 219 Å². The van der Waals surface area contributed by atoms with Gasteiger partial charge in [-0.25, -0.2) is 0 Å². The van der Waals surface area contributed by atoms with Crippen LogP contribution in [-0.4, -0.2) is 19.0 Å². The van der Waals surface area contributed by atoms with Crippen molar-refractivity contribution < 1.29 is 0 Å². The van der Waals surface area contributed by atoms with Gasteiger partial charge in [-0.3, -0.25) is 0 Å². The second kappa shape index (κ2) is 35.5. The number of unbranched alkanes of at least 4 members (excludes halogenated alkanes) is 30. The summed E-state index contributed by atoms with van der Waals surface area (Å²) in [5, 5.41) is 0. The van der Waals surface area contributed by atoms with E-state index in [2.05, 4.69) is 20.5 Å². The Balaban J connectivity index is 3.13. The lowest BCUT2D eigenvalue weighted by molar-refractivity contribution is 0.531. The molecule has 0 bridgehead atoms. The van der Waals surface area contributed by atoms with Crippen LogP contribution in [0.15, 0.2) is 0 Å². The van der Waals surface area contributed by atoms with Gasteiger partial charge < -0.3 is 0 Å². The highest BCUT2D eigenvalue weighted by atomic mass is 31.1. The predicted octanol–water partition coefficient (Wildman–Crippen LogP) is 14.6. The van der Waals surface area contributed by atoms with Crippen LogP contribution in [-0.2, 0) is 0 Å². The van der Waals surface area contributed by atoms with E-state index >= 15 is 0 Å². The fourth-order valence-electron chi connectivity index (χ4n) is 5.97. The molecule has 0 aliphatic heterocycles. The molecule has 0 saturated carbocycles. The summed E-state index contributed by atoms with van der Waals surface area (Å²) in [6, 6.07) is 0. The van der Waals surface area contributed by atoms with Crippen LogP contribution in [0, 0.1) is 0 Å². The molecule has 0 aliphatic rings. The van der Waals surface area contributed by atoms with Crippen LogP contribution in [0.2, 0.25) is 0 Å². The molecular weight excluding hydrogens is 475 g/mol. The van der Waals surface area contributed by atoms with Crippen molar-refractivity contribution in [1.82, 2.24) is 0 Å². The zero-order chi connectivity index (χ0) is 27.6. The first-order chi connectivity index (χ1) is 18.8. The highest BCUT2D eigenvalue weighted by molar-refractivity contribution is 7.56. The lowest BCUT2D eigenvalue weighted by atomic mass is 10.0. The third kappa shape index (κ3) is 34.5. The molecule has 1 heteroatoms. The lowest BCUT2D eigenvalue weighted by Crippen LogP contribution is -1.91. The molecule has 0 aliphatic carbocycles. The summed E-state index contributed by atoms with van der Waals surface area (Å²) < 4.78 is 0. The van der Waals surface area contributed by atoms with Gasteiger partial charge in [-0.05, 0) is 31.8 Å². The normalized spacial score (nSPS) is 11.7. The van der Waals surface area contributed by atoms with Gasteiger partial charge in [-0.15, -0.1) is 7.92 Å². The van der Waals surface area contributed by atoms with E-state index in [0.29, 0.717) is 7.92 Å². The van der Waals surface area contributed by atoms with Crippen LogP contribution in [0.25, 0.3) is 0 Å². The quantitative estimate of drug-likeness (QED) is 0.0550. The first kappa shape index (κ1) is 38.4. The van der Waals surface area contributed by atoms with Crippen LogP contribution in [0.3, 0.4) is 0 Å². The fraction of sp³-hybridized carbons (Fsp3) is 1.00. The third-order valence-corrected chi connectivity index (χ3v) is 10.9. The zero-order valence-electron chi connectivity index (χ0n) is 27.5. The highest BCUT2D eigenvalue weighted by Crippen LogP contribution is 2.33. The van der Waals surface area contributed by atoms with Gasteiger partial charge in [-0.1, -0.05) is 206 Å². The summed E-state index contributed by atoms with van der Waals surface area (Å²) in [5.74, 6) is 0. The number of hydrogen-bond acceptors (Lipinski definition) is 0. The molecule has 0 aromatic carbocycles. The summed E-state index contributed by atoms with van der Waals surface area (Å²) in [6.07, 6.45) is 50.5. The molecule has 0 aromatic heterocycles. The molecule has 0 radical (unpaired) electrons. The van der Waals surface area contributed by atoms with Crippen molar-refractivity contribution in [2.75, 3.05) is 19.0 Å². The Hall–Kier alpha value is 0.430. The maximum Gasteiger partial charge on any atom is -0.0328 e. The van der Waals surface area contributed by atoms with Crippen molar-refractivity contribution in [2.45, 2.75) is 219 Å². The van der Waals surface area contributed by atoms with E-state index in [4.69, 9.17) is 0 Å². The molecule has 0 spiro atoms. The van der Waals surface area contributed by atoms with E-state index in [1.807, 2.05) is 0 Å². The summed E-state index contributed by atoms with van der Waals surface area (Å²) in [5.41, 5.74) is 0. The Kier molecular flexibility index (Phi) is 35.9. The second-order valence-electron chi connectivity index (χ2n) is 12.9. The predicted molar refractivity (Wildman–Crippen MR) is 182 cm³/mol. The minimum absolute atomic E-state index is 0.334. The van der Waals surface area contributed by atoms with Gasteiger partial charge in [0.15, 0.2) is 0 Å². The Morgan fingerprint density at radius 3 is 0.579 bits per heavy atom. The maximum atomic E-state index is 2.58. The molecule has 0 heterocycles. The van der Waals surface area contributed by atoms with Gasteiger partial charge in [0.25, 0.3) is 0 Å². The van der Waals surface area contributed by atoms with Crippen molar-refractivity contribution in [2.24, 2.45) is 0 Å². The summed E-state index contributed by atoms with van der Waals surface area (Å²) in [6.45, 7) is 7.20. The first-order valence-electron chi connectivity index (χ1n) is 18.5. The highest BCUT2D eigenvalue weighted by Gasteiger charge is 2.02. The van der Waals surface area contributed by atoms with Crippen molar-refractivity contribution in [1.29, 1.82) is 0 Å². The van der Waals surface area contributed by atoms with E-state index in [-0.39, 0.29) is 0 Å². The number of rotatable bonds is 34. The molecule has 0 rings (SSSR count). The molecule has 0 nitrogen and oxygen atoms in total. The van der Waals surface area contributed by atoms with E-state index in [9.17, 15) is 0 Å². The molecule has 0 N–H and O–H groups in total. The van der Waals surface area contributed by atoms with Gasteiger partial charge >= 0.3 is 0 Å². The molecule has 0 saturated heterocycles. The zero-order valence-corrected chi connectivity index (χ0v) is 28.4. The van der Waals surface area contributed by atoms with Crippen molar-refractivity contribution in [3.63, 3.8) is 0 Å². The fourth-order valence-corrected chi connectivity index (χ4v) is 7.72.